The number of morpholine rings is 1. The lowest BCUT2D eigenvalue weighted by atomic mass is 10.1. The Morgan fingerprint density at radius 3 is 2.40 bits per heavy atom. The number of carbonyl (C=O) groups excluding carboxylic acids is 1. The number of methoxy groups -OCH3 is 1. The molecule has 1 aliphatic rings. The van der Waals surface area contributed by atoms with E-state index in [-0.39, 0.29) is 11.6 Å². The summed E-state index contributed by atoms with van der Waals surface area (Å²) in [5.74, 6) is -1.57. The van der Waals surface area contributed by atoms with Gasteiger partial charge in [-0.15, -0.1) is 11.3 Å². The Hall–Kier alpha value is -4.11. The average molecular weight is 643 g/mol. The van der Waals surface area contributed by atoms with Crippen LogP contribution in [0.25, 0.3) is 20.7 Å². The van der Waals surface area contributed by atoms with Crippen LogP contribution in [0, 0.1) is 11.6 Å². The summed E-state index contributed by atoms with van der Waals surface area (Å²) in [7, 11) is 3.51. The summed E-state index contributed by atoms with van der Waals surface area (Å²) in [6, 6.07) is 10.4. The molecule has 240 valence electrons. The minimum Gasteiger partial charge on any atom is -0.383 e. The normalized spacial score (nSPS) is 13.5. The molecule has 0 aliphatic carbocycles. The number of nitrogens with zero attached hydrogens (tertiary/aromatic N) is 4. The van der Waals surface area contributed by atoms with Gasteiger partial charge in [0.2, 0.25) is 0 Å². The Labute approximate surface area is 262 Å². The van der Waals surface area contributed by atoms with E-state index in [1.807, 2.05) is 31.0 Å². The minimum atomic E-state index is -0.786. The number of hydrogen-bond donors (Lipinski definition) is 2. The van der Waals surface area contributed by atoms with Crippen molar-refractivity contribution in [1.82, 2.24) is 19.5 Å². The van der Waals surface area contributed by atoms with Gasteiger partial charge in [0.15, 0.2) is 0 Å². The molecule has 0 atom stereocenters. The predicted octanol–water partition coefficient (Wildman–Crippen LogP) is 3.41. The number of rotatable bonds is 11. The highest BCUT2D eigenvalue weighted by molar-refractivity contribution is 7.22. The van der Waals surface area contributed by atoms with Crippen molar-refractivity contribution in [2.75, 3.05) is 70.5 Å². The monoisotopic (exact) mass is 642 g/mol. The van der Waals surface area contributed by atoms with E-state index < -0.39 is 29.4 Å². The summed E-state index contributed by atoms with van der Waals surface area (Å²) in [4.78, 5) is 43.5. The number of anilines is 1. The first kappa shape index (κ1) is 32.3. The molecule has 0 bridgehead atoms. The molecule has 0 spiro atoms. The van der Waals surface area contributed by atoms with E-state index >= 15 is 0 Å². The van der Waals surface area contributed by atoms with Gasteiger partial charge in [-0.05, 0) is 49.4 Å². The molecule has 11 nitrogen and oxygen atoms in total. The first-order valence-corrected chi connectivity index (χ1v) is 15.4. The number of aromatic nitrogens is 2. The summed E-state index contributed by atoms with van der Waals surface area (Å²) in [5, 5.41) is 7.38. The number of thiophene rings is 1. The number of fused-ring (bicyclic) bond motifs is 1. The van der Waals surface area contributed by atoms with Crippen LogP contribution in [0.1, 0.15) is 18.1 Å². The predicted molar refractivity (Wildman–Crippen MR) is 171 cm³/mol. The molecule has 4 aromatic rings. The van der Waals surface area contributed by atoms with Crippen molar-refractivity contribution in [3.05, 3.63) is 86.1 Å². The SMILES string of the molecule is CCNC(=O)Nc1ccc(-c2sc3c(c2CN(C)CCOC)c(=O)n(N2CCOCC2)c(=O)n3Cc2c(F)cccc2F)cc1. The molecule has 0 unspecified atom stereocenters. The van der Waals surface area contributed by atoms with Crippen LogP contribution in [0.3, 0.4) is 0 Å². The highest BCUT2D eigenvalue weighted by atomic mass is 32.1. The lowest BCUT2D eigenvalue weighted by molar-refractivity contribution is 0.109. The van der Waals surface area contributed by atoms with Gasteiger partial charge in [0.05, 0.1) is 44.8 Å². The van der Waals surface area contributed by atoms with Crippen molar-refractivity contribution in [3.63, 3.8) is 0 Å². The van der Waals surface area contributed by atoms with Gasteiger partial charge in [-0.3, -0.25) is 14.3 Å². The smallest absolute Gasteiger partial charge is 0.351 e. The standard InChI is InChI=1S/C31H36F2N6O5S/c1-4-34-30(41)35-21-10-8-20(9-11-21)27-23(18-36(2)12-15-43-3)26-28(40)39(37-13-16-44-17-14-37)31(42)38(29(26)45-27)19-22-24(32)6-5-7-25(22)33/h5-11H,4,12-19H2,1-3H3,(H2,34,35,41). The molecular weight excluding hydrogens is 606 g/mol. The van der Waals surface area contributed by atoms with Gasteiger partial charge in [0.25, 0.3) is 5.56 Å². The number of carbonyl (C=O) groups is 1. The number of amides is 2. The fourth-order valence-corrected chi connectivity index (χ4v) is 6.56. The van der Waals surface area contributed by atoms with Gasteiger partial charge in [-0.25, -0.2) is 18.4 Å². The largest absolute Gasteiger partial charge is 0.383 e. The van der Waals surface area contributed by atoms with Crippen molar-refractivity contribution < 1.29 is 23.0 Å². The van der Waals surface area contributed by atoms with Gasteiger partial charge in [-0.1, -0.05) is 18.2 Å². The Kier molecular flexibility index (Phi) is 10.3. The fourth-order valence-electron chi connectivity index (χ4n) is 5.26. The second-order valence-corrected chi connectivity index (χ2v) is 11.6. The third-order valence-corrected chi connectivity index (χ3v) is 8.85. The van der Waals surface area contributed by atoms with E-state index in [2.05, 4.69) is 10.6 Å². The quantitative estimate of drug-likeness (QED) is 0.258. The van der Waals surface area contributed by atoms with Crippen LogP contribution >= 0.6 is 11.3 Å². The van der Waals surface area contributed by atoms with Crippen LogP contribution in [0.5, 0.6) is 0 Å². The summed E-state index contributed by atoms with van der Waals surface area (Å²) in [5.41, 5.74) is 0.530. The second kappa shape index (κ2) is 14.3. The molecule has 2 aromatic heterocycles. The van der Waals surface area contributed by atoms with Gasteiger partial charge >= 0.3 is 11.7 Å². The lowest BCUT2D eigenvalue weighted by Gasteiger charge is -2.30. The molecule has 45 heavy (non-hydrogen) atoms. The summed E-state index contributed by atoms with van der Waals surface area (Å²) in [6.07, 6.45) is 0. The van der Waals surface area contributed by atoms with Crippen molar-refractivity contribution in [2.45, 2.75) is 20.0 Å². The third kappa shape index (κ3) is 6.93. The number of ether oxygens (including phenoxy) is 2. The van der Waals surface area contributed by atoms with E-state index in [0.717, 1.165) is 27.2 Å². The van der Waals surface area contributed by atoms with E-state index in [1.165, 1.54) is 22.0 Å². The maximum atomic E-state index is 14.9. The van der Waals surface area contributed by atoms with Gasteiger partial charge in [0.1, 0.15) is 16.5 Å². The van der Waals surface area contributed by atoms with Crippen LogP contribution in [-0.2, 0) is 22.6 Å². The Morgan fingerprint density at radius 1 is 1.07 bits per heavy atom. The van der Waals surface area contributed by atoms with Gasteiger partial charge < -0.3 is 25.1 Å². The molecule has 1 aliphatic heterocycles. The third-order valence-electron chi connectivity index (χ3n) is 7.55. The minimum absolute atomic E-state index is 0.275. The van der Waals surface area contributed by atoms with Crippen molar-refractivity contribution in [2.24, 2.45) is 0 Å². The molecule has 14 heteroatoms. The van der Waals surface area contributed by atoms with Crippen LogP contribution in [0.4, 0.5) is 19.3 Å². The van der Waals surface area contributed by atoms with Crippen molar-refractivity contribution in [3.8, 4) is 10.4 Å². The number of benzene rings is 2. The summed E-state index contributed by atoms with van der Waals surface area (Å²) in [6.45, 7) is 4.51. The second-order valence-electron chi connectivity index (χ2n) is 10.6. The van der Waals surface area contributed by atoms with E-state index in [9.17, 15) is 23.2 Å². The van der Waals surface area contributed by atoms with Crippen molar-refractivity contribution in [1.29, 1.82) is 0 Å². The lowest BCUT2D eigenvalue weighted by Crippen LogP contribution is -2.56. The number of nitrogens with one attached hydrogen (secondary N) is 2. The Morgan fingerprint density at radius 2 is 1.76 bits per heavy atom. The van der Waals surface area contributed by atoms with Crippen LogP contribution in [0.2, 0.25) is 0 Å². The molecule has 0 radical (unpaired) electrons. The molecule has 1 saturated heterocycles. The fraction of sp³-hybridized carbons (Fsp3) is 0.387. The molecule has 3 heterocycles. The number of hydrogen-bond acceptors (Lipinski definition) is 8. The maximum Gasteiger partial charge on any atom is 0.351 e. The first-order valence-electron chi connectivity index (χ1n) is 14.6. The summed E-state index contributed by atoms with van der Waals surface area (Å²) >= 11 is 1.22. The highest BCUT2D eigenvalue weighted by Gasteiger charge is 2.27. The zero-order valence-electron chi connectivity index (χ0n) is 25.4. The highest BCUT2D eigenvalue weighted by Crippen LogP contribution is 2.38. The van der Waals surface area contributed by atoms with E-state index in [4.69, 9.17) is 9.47 Å². The molecule has 2 N–H and O–H groups in total. The first-order chi connectivity index (χ1) is 21.7. The molecular formula is C31H36F2N6O5S. The molecule has 2 amide bonds. The zero-order chi connectivity index (χ0) is 32.1. The Balaban J connectivity index is 1.74. The zero-order valence-corrected chi connectivity index (χ0v) is 26.2. The van der Waals surface area contributed by atoms with Crippen LogP contribution < -0.4 is 26.9 Å². The van der Waals surface area contributed by atoms with E-state index in [1.54, 1.807) is 24.3 Å². The Bertz CT molecular complexity index is 1760. The van der Waals surface area contributed by atoms with Crippen molar-refractivity contribution >= 4 is 33.3 Å². The molecule has 0 saturated carbocycles. The van der Waals surface area contributed by atoms with Crippen LogP contribution in [0.15, 0.2) is 52.1 Å². The average Bonchev–Trinajstić information content (AvgIpc) is 3.39. The number of halogens is 2. The molecule has 5 rings (SSSR count). The van der Waals surface area contributed by atoms with Crippen LogP contribution in [-0.4, -0.2) is 80.3 Å². The van der Waals surface area contributed by atoms with Gasteiger partial charge in [-0.2, -0.15) is 4.68 Å². The molecule has 2 aromatic carbocycles. The number of likely N-dealkylation sites (N-methyl/N-ethyl adjacent to an activating group) is 1. The topological polar surface area (TPSA) is 110 Å². The van der Waals surface area contributed by atoms with E-state index in [0.29, 0.717) is 74.0 Å². The summed E-state index contributed by atoms with van der Waals surface area (Å²) < 4.78 is 42.9. The number of urea groups is 1. The maximum absolute atomic E-state index is 14.9. The molecule has 1 fully saturated rings. The van der Waals surface area contributed by atoms with Gasteiger partial charge in [0, 0.05) is 42.9 Å².